The fourth-order valence-electron chi connectivity index (χ4n) is 2.21. The van der Waals surface area contributed by atoms with Crippen LogP contribution >= 0.6 is 0 Å². The first-order valence-corrected chi connectivity index (χ1v) is 5.97. The zero-order chi connectivity index (χ0) is 14.9. The van der Waals surface area contributed by atoms with Gasteiger partial charge in [0, 0.05) is 0 Å². The molecule has 1 aromatic rings. The van der Waals surface area contributed by atoms with Crippen LogP contribution in [-0.4, -0.2) is 24.4 Å². The van der Waals surface area contributed by atoms with E-state index in [9.17, 15) is 18.4 Å². The quantitative estimate of drug-likeness (QED) is 0.822. The highest BCUT2D eigenvalue weighted by molar-refractivity contribution is 6.04. The van der Waals surface area contributed by atoms with E-state index in [1.54, 1.807) is 13.0 Å². The van der Waals surface area contributed by atoms with Crippen molar-refractivity contribution in [3.8, 4) is 6.07 Å². The zero-order valence-electron chi connectivity index (χ0n) is 10.6. The van der Waals surface area contributed by atoms with Crippen LogP contribution in [0.15, 0.2) is 12.1 Å². The molecule has 5 nitrogen and oxygen atoms in total. The van der Waals surface area contributed by atoms with E-state index in [4.69, 9.17) is 5.26 Å². The van der Waals surface area contributed by atoms with Crippen LogP contribution < -0.4 is 10.2 Å². The number of nitrogens with zero attached hydrogens (tertiary/aromatic N) is 2. The van der Waals surface area contributed by atoms with Crippen molar-refractivity contribution in [3.63, 3.8) is 0 Å². The van der Waals surface area contributed by atoms with Gasteiger partial charge in [-0.1, -0.05) is 6.92 Å². The highest BCUT2D eigenvalue weighted by Gasteiger charge is 2.35. The highest BCUT2D eigenvalue weighted by Crippen LogP contribution is 2.28. The lowest BCUT2D eigenvalue weighted by atomic mass is 10.1. The third-order valence-corrected chi connectivity index (χ3v) is 3.08. The van der Waals surface area contributed by atoms with Gasteiger partial charge in [0.05, 0.1) is 18.2 Å². The van der Waals surface area contributed by atoms with E-state index >= 15 is 0 Å². The third kappa shape index (κ3) is 2.32. The first-order chi connectivity index (χ1) is 9.47. The average molecular weight is 279 g/mol. The zero-order valence-corrected chi connectivity index (χ0v) is 10.6. The predicted octanol–water partition coefficient (Wildman–Crippen LogP) is 1.08. The Balaban J connectivity index is 2.51. The molecule has 1 heterocycles. The Hall–Kier alpha value is -2.49. The summed E-state index contributed by atoms with van der Waals surface area (Å²) in [6, 6.07) is 2.56. The van der Waals surface area contributed by atoms with Gasteiger partial charge in [0.1, 0.15) is 11.7 Å². The molecule has 1 aromatic carbocycles. The molecule has 20 heavy (non-hydrogen) atoms. The number of hydrogen-bond acceptors (Lipinski definition) is 4. The van der Waals surface area contributed by atoms with Crippen molar-refractivity contribution >= 4 is 17.5 Å². The van der Waals surface area contributed by atoms with Crippen molar-refractivity contribution in [2.45, 2.75) is 19.4 Å². The lowest BCUT2D eigenvalue weighted by Crippen LogP contribution is -2.58. The number of imide groups is 1. The summed E-state index contributed by atoms with van der Waals surface area (Å²) < 4.78 is 27.9. The molecule has 0 bridgehead atoms. The summed E-state index contributed by atoms with van der Waals surface area (Å²) in [6.45, 7) is 1.36. The van der Waals surface area contributed by atoms with Crippen molar-refractivity contribution in [1.29, 1.82) is 5.26 Å². The van der Waals surface area contributed by atoms with Crippen LogP contribution in [0.5, 0.6) is 0 Å². The summed E-state index contributed by atoms with van der Waals surface area (Å²) in [5, 5.41) is 10.8. The van der Waals surface area contributed by atoms with E-state index in [0.717, 1.165) is 17.0 Å². The van der Waals surface area contributed by atoms with Gasteiger partial charge < -0.3 is 4.90 Å². The van der Waals surface area contributed by atoms with Crippen molar-refractivity contribution < 1.29 is 18.4 Å². The number of rotatable bonds is 2. The Morgan fingerprint density at radius 1 is 1.40 bits per heavy atom. The number of hydrogen-bond donors (Lipinski definition) is 1. The molecular weight excluding hydrogens is 268 g/mol. The largest absolute Gasteiger partial charge is 0.345 e. The van der Waals surface area contributed by atoms with E-state index in [0.29, 0.717) is 0 Å². The monoisotopic (exact) mass is 279 g/mol. The second-order valence-corrected chi connectivity index (χ2v) is 4.36. The molecule has 1 saturated heterocycles. The van der Waals surface area contributed by atoms with Gasteiger partial charge in [0.25, 0.3) is 0 Å². The first kappa shape index (κ1) is 13.9. The molecule has 0 spiro atoms. The molecule has 1 aliphatic heterocycles. The molecule has 7 heteroatoms. The SMILES string of the molecule is CCC1C(=O)NC(=O)CN1c1c(F)cc(C#N)cc1F. The number of halogens is 2. The Labute approximate surface area is 113 Å². The fourth-order valence-corrected chi connectivity index (χ4v) is 2.21. The maximum Gasteiger partial charge on any atom is 0.249 e. The maximum atomic E-state index is 14.0. The van der Waals surface area contributed by atoms with Gasteiger partial charge in [0.2, 0.25) is 11.8 Å². The number of anilines is 1. The summed E-state index contributed by atoms with van der Waals surface area (Å²) in [5.74, 6) is -3.15. The van der Waals surface area contributed by atoms with Crippen LogP contribution in [-0.2, 0) is 9.59 Å². The minimum Gasteiger partial charge on any atom is -0.345 e. The summed E-state index contributed by atoms with van der Waals surface area (Å²) >= 11 is 0. The number of nitriles is 1. The standard InChI is InChI=1S/C13H11F2N3O2/c1-2-10-13(20)17-11(19)6-18(10)12-8(14)3-7(5-16)4-9(12)15/h3-4,10H,2,6H2,1H3,(H,17,19,20). The topological polar surface area (TPSA) is 73.2 Å². The molecule has 1 N–H and O–H groups in total. The number of carbonyl (C=O) groups excluding carboxylic acids is 2. The molecule has 1 unspecified atom stereocenters. The highest BCUT2D eigenvalue weighted by atomic mass is 19.1. The number of piperazine rings is 1. The van der Waals surface area contributed by atoms with Crippen molar-refractivity contribution in [1.82, 2.24) is 5.32 Å². The third-order valence-electron chi connectivity index (χ3n) is 3.08. The van der Waals surface area contributed by atoms with Crippen LogP contribution in [0.3, 0.4) is 0 Å². The van der Waals surface area contributed by atoms with E-state index in [2.05, 4.69) is 5.32 Å². The van der Waals surface area contributed by atoms with Gasteiger partial charge in [-0.15, -0.1) is 0 Å². The molecule has 0 aliphatic carbocycles. The minimum atomic E-state index is -0.970. The lowest BCUT2D eigenvalue weighted by molar-refractivity contribution is -0.132. The Morgan fingerprint density at radius 2 is 2.00 bits per heavy atom. The average Bonchev–Trinajstić information content (AvgIpc) is 2.37. The number of nitrogens with one attached hydrogen (secondary N) is 1. The van der Waals surface area contributed by atoms with Gasteiger partial charge in [-0.25, -0.2) is 8.78 Å². The maximum absolute atomic E-state index is 14.0. The van der Waals surface area contributed by atoms with E-state index in [-0.39, 0.29) is 18.5 Å². The van der Waals surface area contributed by atoms with Crippen LogP contribution in [0.25, 0.3) is 0 Å². The van der Waals surface area contributed by atoms with Gasteiger partial charge in [-0.2, -0.15) is 5.26 Å². The molecule has 1 fully saturated rings. The van der Waals surface area contributed by atoms with Gasteiger partial charge >= 0.3 is 0 Å². The molecular formula is C13H11F2N3O2. The van der Waals surface area contributed by atoms with Crippen molar-refractivity contribution in [2.75, 3.05) is 11.4 Å². The summed E-state index contributed by atoms with van der Waals surface area (Å²) in [7, 11) is 0. The second-order valence-electron chi connectivity index (χ2n) is 4.36. The van der Waals surface area contributed by atoms with Crippen LogP contribution in [0.4, 0.5) is 14.5 Å². The molecule has 1 atom stereocenters. The molecule has 2 amide bonds. The predicted molar refractivity (Wildman–Crippen MR) is 65.6 cm³/mol. The Kier molecular flexibility index (Phi) is 3.66. The van der Waals surface area contributed by atoms with Gasteiger partial charge in [-0.05, 0) is 18.6 Å². The summed E-state index contributed by atoms with van der Waals surface area (Å²) in [5.41, 5.74) is -0.622. The van der Waals surface area contributed by atoms with E-state index < -0.39 is 35.2 Å². The first-order valence-electron chi connectivity index (χ1n) is 5.97. The lowest BCUT2D eigenvalue weighted by Gasteiger charge is -2.35. The minimum absolute atomic E-state index is 0.162. The van der Waals surface area contributed by atoms with Crippen LogP contribution in [0.2, 0.25) is 0 Å². The van der Waals surface area contributed by atoms with E-state index in [1.807, 2.05) is 0 Å². The number of amides is 2. The van der Waals surface area contributed by atoms with Crippen LogP contribution in [0, 0.1) is 23.0 Å². The summed E-state index contributed by atoms with van der Waals surface area (Å²) in [6.07, 6.45) is 0.290. The van der Waals surface area contributed by atoms with E-state index in [1.165, 1.54) is 0 Å². The van der Waals surface area contributed by atoms with Gasteiger partial charge in [0.15, 0.2) is 11.6 Å². The normalized spacial score (nSPS) is 18.7. The molecule has 1 aliphatic rings. The van der Waals surface area contributed by atoms with Crippen molar-refractivity contribution in [2.24, 2.45) is 0 Å². The fraction of sp³-hybridized carbons (Fsp3) is 0.308. The molecule has 0 radical (unpaired) electrons. The molecule has 2 rings (SSSR count). The Morgan fingerprint density at radius 3 is 2.50 bits per heavy atom. The van der Waals surface area contributed by atoms with Crippen LogP contribution in [0.1, 0.15) is 18.9 Å². The molecule has 0 saturated carbocycles. The van der Waals surface area contributed by atoms with Crippen molar-refractivity contribution in [3.05, 3.63) is 29.3 Å². The second kappa shape index (κ2) is 5.25. The van der Waals surface area contributed by atoms with Gasteiger partial charge in [-0.3, -0.25) is 14.9 Å². The smallest absolute Gasteiger partial charge is 0.249 e. The summed E-state index contributed by atoms with van der Waals surface area (Å²) in [4.78, 5) is 24.2. The number of carbonyl (C=O) groups is 2. The number of benzene rings is 1. The Bertz CT molecular complexity index is 602. The molecule has 104 valence electrons. The molecule has 0 aromatic heterocycles.